The molecular weight excluding hydrogens is 382 g/mol. The molecule has 1 amide bonds. The maximum atomic E-state index is 12.6. The van der Waals surface area contributed by atoms with Crippen LogP contribution in [0.1, 0.15) is 17.9 Å². The van der Waals surface area contributed by atoms with E-state index in [0.717, 1.165) is 0 Å². The van der Waals surface area contributed by atoms with Gasteiger partial charge in [0, 0.05) is 25.1 Å². The van der Waals surface area contributed by atoms with Crippen molar-refractivity contribution in [1.29, 1.82) is 0 Å². The lowest BCUT2D eigenvalue weighted by molar-refractivity contribution is -0.385. The second kappa shape index (κ2) is 10.1. The minimum Gasteiger partial charge on any atom is -0.486 e. The Kier molecular flexibility index (Phi) is 7.78. The second-order valence-corrected chi connectivity index (χ2v) is 6.63. The van der Waals surface area contributed by atoms with Crippen LogP contribution in [0, 0.1) is 16.0 Å². The Hall–Kier alpha value is -2.64. The van der Waals surface area contributed by atoms with Crippen molar-refractivity contribution >= 4 is 24.0 Å². The molecule has 0 unspecified atom stereocenters. The van der Waals surface area contributed by atoms with Crippen LogP contribution in [0.15, 0.2) is 54.6 Å². The van der Waals surface area contributed by atoms with Crippen molar-refractivity contribution in [3.63, 3.8) is 0 Å². The smallest absolute Gasteiger partial charge is 0.310 e. The molecule has 8 heteroatoms. The van der Waals surface area contributed by atoms with E-state index < -0.39 is 4.92 Å². The predicted octanol–water partition coefficient (Wildman–Crippen LogP) is 2.99. The lowest BCUT2D eigenvalue weighted by Gasteiger charge is -2.17. The molecule has 0 spiro atoms. The quantitative estimate of drug-likeness (QED) is 0.564. The molecule has 2 atom stereocenters. The van der Waals surface area contributed by atoms with Crippen molar-refractivity contribution < 1.29 is 14.5 Å². The first-order valence-electron chi connectivity index (χ1n) is 8.99. The third kappa shape index (κ3) is 4.99. The van der Waals surface area contributed by atoms with Crippen molar-refractivity contribution in [2.45, 2.75) is 12.3 Å². The van der Waals surface area contributed by atoms with Crippen LogP contribution in [0.3, 0.4) is 0 Å². The number of halogens is 1. The molecule has 0 aliphatic carbocycles. The van der Waals surface area contributed by atoms with Crippen LogP contribution in [0.5, 0.6) is 5.75 Å². The van der Waals surface area contributed by atoms with Crippen LogP contribution < -0.4 is 10.5 Å². The number of amides is 1. The molecule has 0 saturated carbocycles. The molecule has 2 aromatic rings. The van der Waals surface area contributed by atoms with Gasteiger partial charge in [0.15, 0.2) is 5.75 Å². The van der Waals surface area contributed by atoms with Gasteiger partial charge in [-0.2, -0.15) is 0 Å². The number of rotatable bonds is 7. The highest BCUT2D eigenvalue weighted by Crippen LogP contribution is 2.32. The molecule has 1 aliphatic heterocycles. The number of hydrogen-bond acceptors (Lipinski definition) is 5. The zero-order valence-corrected chi connectivity index (χ0v) is 16.2. The molecule has 1 saturated heterocycles. The predicted molar refractivity (Wildman–Crippen MR) is 109 cm³/mol. The molecule has 2 aromatic carbocycles. The summed E-state index contributed by atoms with van der Waals surface area (Å²) < 4.78 is 5.48. The summed E-state index contributed by atoms with van der Waals surface area (Å²) >= 11 is 0. The number of hydrogen-bond donors (Lipinski definition) is 1. The van der Waals surface area contributed by atoms with E-state index in [-0.39, 0.29) is 54.6 Å². The maximum Gasteiger partial charge on any atom is 0.310 e. The van der Waals surface area contributed by atoms with Crippen molar-refractivity contribution in [2.75, 3.05) is 26.2 Å². The molecule has 0 radical (unpaired) electrons. The topological polar surface area (TPSA) is 98.7 Å². The van der Waals surface area contributed by atoms with E-state index >= 15 is 0 Å². The second-order valence-electron chi connectivity index (χ2n) is 6.63. The van der Waals surface area contributed by atoms with Crippen molar-refractivity contribution in [2.24, 2.45) is 11.7 Å². The SMILES string of the molecule is Cl.NC[C@@H]1CN(C(=O)CCOc2ccccc2[N+](=O)[O-])C[C@H]1c1ccccc1. The van der Waals surface area contributed by atoms with Crippen LogP contribution in [0.2, 0.25) is 0 Å². The Morgan fingerprint density at radius 2 is 1.82 bits per heavy atom. The van der Waals surface area contributed by atoms with Crippen LogP contribution in [0.4, 0.5) is 5.69 Å². The summed E-state index contributed by atoms with van der Waals surface area (Å²) in [5, 5.41) is 11.0. The summed E-state index contributed by atoms with van der Waals surface area (Å²) in [5.41, 5.74) is 7.01. The highest BCUT2D eigenvalue weighted by atomic mass is 35.5. The molecule has 7 nitrogen and oxygen atoms in total. The fourth-order valence-corrected chi connectivity index (χ4v) is 3.53. The van der Waals surface area contributed by atoms with Gasteiger partial charge in [0.05, 0.1) is 18.0 Å². The molecule has 1 fully saturated rings. The number of nitro groups is 1. The molecular formula is C20H24ClN3O4. The molecule has 2 N–H and O–H groups in total. The van der Waals surface area contributed by atoms with Crippen LogP contribution in [0.25, 0.3) is 0 Å². The Labute approximate surface area is 170 Å². The number of nitrogens with zero attached hydrogens (tertiary/aromatic N) is 2. The highest BCUT2D eigenvalue weighted by Gasteiger charge is 2.35. The fraction of sp³-hybridized carbons (Fsp3) is 0.350. The van der Waals surface area contributed by atoms with E-state index in [1.807, 2.05) is 23.1 Å². The van der Waals surface area contributed by atoms with Crippen molar-refractivity contribution in [3.8, 4) is 5.75 Å². The van der Waals surface area contributed by atoms with Gasteiger partial charge in [-0.15, -0.1) is 12.4 Å². The first-order chi connectivity index (χ1) is 13.1. The summed E-state index contributed by atoms with van der Waals surface area (Å²) in [4.78, 5) is 24.9. The van der Waals surface area contributed by atoms with Gasteiger partial charge in [0.2, 0.25) is 5.91 Å². The molecule has 3 rings (SSSR count). The Bertz CT molecular complexity index is 803. The largest absolute Gasteiger partial charge is 0.486 e. The number of nitrogens with two attached hydrogens (primary N) is 1. The number of para-hydroxylation sites is 2. The van der Waals surface area contributed by atoms with Crippen LogP contribution >= 0.6 is 12.4 Å². The third-order valence-electron chi connectivity index (χ3n) is 4.96. The summed E-state index contributed by atoms with van der Waals surface area (Å²) in [6.45, 7) is 1.89. The van der Waals surface area contributed by atoms with E-state index in [1.165, 1.54) is 17.7 Å². The fourth-order valence-electron chi connectivity index (χ4n) is 3.53. The molecule has 150 valence electrons. The summed E-state index contributed by atoms with van der Waals surface area (Å²) in [6, 6.07) is 16.3. The van der Waals surface area contributed by atoms with Gasteiger partial charge in [-0.3, -0.25) is 14.9 Å². The van der Waals surface area contributed by atoms with Gasteiger partial charge in [-0.1, -0.05) is 42.5 Å². The minimum atomic E-state index is -0.492. The van der Waals surface area contributed by atoms with Gasteiger partial charge in [0.25, 0.3) is 0 Å². The van der Waals surface area contributed by atoms with Crippen LogP contribution in [-0.2, 0) is 4.79 Å². The van der Waals surface area contributed by atoms with Crippen molar-refractivity contribution in [3.05, 3.63) is 70.3 Å². The zero-order chi connectivity index (χ0) is 19.2. The molecule has 0 bridgehead atoms. The van der Waals surface area contributed by atoms with Crippen molar-refractivity contribution in [1.82, 2.24) is 4.90 Å². The van der Waals surface area contributed by atoms with E-state index in [2.05, 4.69) is 12.1 Å². The Balaban J connectivity index is 0.00000280. The number of carbonyl (C=O) groups is 1. The Morgan fingerprint density at radius 1 is 1.14 bits per heavy atom. The first kappa shape index (κ1) is 21.7. The molecule has 0 aromatic heterocycles. The van der Waals surface area contributed by atoms with Gasteiger partial charge in [-0.05, 0) is 24.1 Å². The summed E-state index contributed by atoms with van der Waals surface area (Å²) in [6.07, 6.45) is 0.171. The number of likely N-dealkylation sites (tertiary alicyclic amines) is 1. The maximum absolute atomic E-state index is 12.6. The van der Waals surface area contributed by atoms with E-state index in [4.69, 9.17) is 10.5 Å². The average molecular weight is 406 g/mol. The normalized spacial score (nSPS) is 18.4. The Morgan fingerprint density at radius 3 is 2.50 bits per heavy atom. The van der Waals surface area contributed by atoms with E-state index in [1.54, 1.807) is 12.1 Å². The zero-order valence-electron chi connectivity index (χ0n) is 15.4. The minimum absolute atomic E-state index is 0. The number of nitro benzene ring substituents is 1. The summed E-state index contributed by atoms with van der Waals surface area (Å²) in [5.74, 6) is 0.618. The number of benzene rings is 2. The summed E-state index contributed by atoms with van der Waals surface area (Å²) in [7, 11) is 0. The number of carbonyl (C=O) groups excluding carboxylic acids is 1. The standard InChI is InChI=1S/C20H23N3O4.ClH/c21-12-16-13-22(14-17(16)15-6-2-1-3-7-15)20(24)10-11-27-19-9-5-4-8-18(19)23(25)26;/h1-9,16-17H,10-14,21H2;1H/t16-,17+;/m1./s1. The lowest BCUT2D eigenvalue weighted by Crippen LogP contribution is -2.30. The molecule has 1 heterocycles. The van der Waals surface area contributed by atoms with E-state index in [9.17, 15) is 14.9 Å². The first-order valence-corrected chi connectivity index (χ1v) is 8.99. The lowest BCUT2D eigenvalue weighted by atomic mass is 9.89. The van der Waals surface area contributed by atoms with Gasteiger partial charge >= 0.3 is 5.69 Å². The van der Waals surface area contributed by atoms with Crippen LogP contribution in [-0.4, -0.2) is 42.0 Å². The van der Waals surface area contributed by atoms with Gasteiger partial charge in [-0.25, -0.2) is 0 Å². The highest BCUT2D eigenvalue weighted by molar-refractivity contribution is 5.85. The van der Waals surface area contributed by atoms with E-state index in [0.29, 0.717) is 19.6 Å². The monoisotopic (exact) mass is 405 g/mol. The molecule has 1 aliphatic rings. The average Bonchev–Trinajstić information content (AvgIpc) is 3.13. The molecule has 28 heavy (non-hydrogen) atoms. The van der Waals surface area contributed by atoms with Gasteiger partial charge < -0.3 is 15.4 Å². The number of ether oxygens (including phenoxy) is 1. The third-order valence-corrected chi connectivity index (χ3v) is 4.96. The van der Waals surface area contributed by atoms with Gasteiger partial charge in [0.1, 0.15) is 0 Å².